The van der Waals surface area contributed by atoms with Gasteiger partial charge in [-0.3, -0.25) is 4.79 Å². The summed E-state index contributed by atoms with van der Waals surface area (Å²) in [6.07, 6.45) is 6.49. The van der Waals surface area contributed by atoms with Gasteiger partial charge in [0.15, 0.2) is 0 Å². The molecule has 0 radical (unpaired) electrons. The van der Waals surface area contributed by atoms with Gasteiger partial charge in [-0.25, -0.2) is 16.8 Å². The highest BCUT2D eigenvalue weighted by Crippen LogP contribution is 2.46. The third-order valence-corrected chi connectivity index (χ3v) is 6.41. The Morgan fingerprint density at radius 2 is 1.57 bits per heavy atom. The van der Waals surface area contributed by atoms with E-state index in [0.717, 1.165) is 19.3 Å². The van der Waals surface area contributed by atoms with Crippen molar-refractivity contribution in [1.29, 1.82) is 0 Å². The molecule has 0 aliphatic heterocycles. The number of hydrogen-bond donors (Lipinski definition) is 0. The molecule has 0 aromatic heterocycles. The van der Waals surface area contributed by atoms with Crippen molar-refractivity contribution >= 4 is 25.6 Å². The molecule has 1 aliphatic rings. The highest BCUT2D eigenvalue weighted by atomic mass is 32.2. The van der Waals surface area contributed by atoms with Crippen LogP contribution < -0.4 is 0 Å². The smallest absolute Gasteiger partial charge is 0.312 e. The van der Waals surface area contributed by atoms with Gasteiger partial charge in [-0.1, -0.05) is 6.42 Å². The van der Waals surface area contributed by atoms with Crippen LogP contribution in [-0.2, 0) is 29.2 Å². The third kappa shape index (κ3) is 7.65. The number of esters is 1. The van der Waals surface area contributed by atoms with Crippen molar-refractivity contribution in [3.05, 3.63) is 0 Å². The second-order valence-electron chi connectivity index (χ2n) is 6.86. The van der Waals surface area contributed by atoms with E-state index in [2.05, 4.69) is 0 Å². The lowest BCUT2D eigenvalue weighted by Crippen LogP contribution is -2.41. The van der Waals surface area contributed by atoms with Gasteiger partial charge >= 0.3 is 5.97 Å². The van der Waals surface area contributed by atoms with Crippen molar-refractivity contribution in [2.75, 3.05) is 24.0 Å². The lowest BCUT2D eigenvalue weighted by Gasteiger charge is -2.40. The molecule has 0 aromatic rings. The van der Waals surface area contributed by atoms with Gasteiger partial charge in [-0.15, -0.1) is 0 Å². The standard InChI is InChI=1S/C15H28O6S2/c1-13(7-4-11-22(2,17)18)21-14(16)15(8-5-9-15)10-6-12-23(3,19)20/h13H,4-12H2,1-3H3. The fraction of sp³-hybridized carbons (Fsp3) is 0.933. The summed E-state index contributed by atoms with van der Waals surface area (Å²) in [5.41, 5.74) is -0.532. The normalized spacial score (nSPS) is 18.9. The molecular formula is C15H28O6S2. The SMILES string of the molecule is CC(CCCS(C)(=O)=O)OC(=O)C1(CCCS(C)(=O)=O)CCC1. The Morgan fingerprint density at radius 3 is 2.00 bits per heavy atom. The van der Waals surface area contributed by atoms with E-state index in [1.54, 1.807) is 6.92 Å². The van der Waals surface area contributed by atoms with Crippen molar-refractivity contribution in [2.45, 2.75) is 58.0 Å². The molecule has 1 atom stereocenters. The van der Waals surface area contributed by atoms with Crippen molar-refractivity contribution in [1.82, 2.24) is 0 Å². The highest BCUT2D eigenvalue weighted by molar-refractivity contribution is 7.90. The summed E-state index contributed by atoms with van der Waals surface area (Å²) in [5, 5.41) is 0. The lowest BCUT2D eigenvalue weighted by molar-refractivity contribution is -0.167. The average molecular weight is 369 g/mol. The molecule has 0 saturated heterocycles. The van der Waals surface area contributed by atoms with Crippen LogP contribution in [-0.4, -0.2) is 52.9 Å². The fourth-order valence-corrected chi connectivity index (χ4v) is 4.19. The van der Waals surface area contributed by atoms with Crippen LogP contribution in [0.15, 0.2) is 0 Å². The molecule has 1 fully saturated rings. The summed E-state index contributed by atoms with van der Waals surface area (Å²) < 4.78 is 50.1. The minimum Gasteiger partial charge on any atom is -0.462 e. The van der Waals surface area contributed by atoms with Crippen LogP contribution >= 0.6 is 0 Å². The van der Waals surface area contributed by atoms with E-state index in [-0.39, 0.29) is 23.6 Å². The number of carbonyl (C=O) groups excluding carboxylic acids is 1. The number of rotatable bonds is 10. The molecule has 1 rings (SSSR count). The third-order valence-electron chi connectivity index (χ3n) is 4.35. The van der Waals surface area contributed by atoms with Gasteiger partial charge in [0, 0.05) is 18.3 Å². The summed E-state index contributed by atoms with van der Waals surface area (Å²) >= 11 is 0. The Morgan fingerprint density at radius 1 is 1.04 bits per heavy atom. The fourth-order valence-electron chi connectivity index (χ4n) is 2.83. The Balaban J connectivity index is 2.43. The molecule has 1 saturated carbocycles. The van der Waals surface area contributed by atoms with E-state index in [4.69, 9.17) is 4.74 Å². The van der Waals surface area contributed by atoms with Gasteiger partial charge in [0.05, 0.1) is 17.3 Å². The molecule has 136 valence electrons. The van der Waals surface area contributed by atoms with E-state index in [0.29, 0.717) is 25.7 Å². The number of hydrogen-bond acceptors (Lipinski definition) is 6. The first-order valence-electron chi connectivity index (χ1n) is 8.00. The van der Waals surface area contributed by atoms with Crippen LogP contribution in [0.4, 0.5) is 0 Å². The maximum Gasteiger partial charge on any atom is 0.312 e. The molecule has 0 spiro atoms. The number of carbonyl (C=O) groups is 1. The van der Waals surface area contributed by atoms with Crippen LogP contribution in [0.3, 0.4) is 0 Å². The molecule has 0 aromatic carbocycles. The molecule has 23 heavy (non-hydrogen) atoms. The van der Waals surface area contributed by atoms with Crippen molar-refractivity contribution in [3.63, 3.8) is 0 Å². The second kappa shape index (κ2) is 7.96. The Hall–Kier alpha value is -0.630. The first-order valence-corrected chi connectivity index (χ1v) is 12.1. The molecule has 1 unspecified atom stereocenters. The maximum atomic E-state index is 12.4. The monoisotopic (exact) mass is 368 g/mol. The molecule has 0 amide bonds. The summed E-state index contributed by atoms with van der Waals surface area (Å²) in [5.74, 6) is -0.0792. The minimum atomic E-state index is -3.01. The van der Waals surface area contributed by atoms with Crippen LogP contribution in [0.2, 0.25) is 0 Å². The van der Waals surface area contributed by atoms with E-state index >= 15 is 0 Å². The highest BCUT2D eigenvalue weighted by Gasteiger charge is 2.45. The Kier molecular flexibility index (Phi) is 7.07. The Labute approximate surface area is 139 Å². The van der Waals surface area contributed by atoms with Gasteiger partial charge < -0.3 is 4.74 Å². The first-order chi connectivity index (χ1) is 10.4. The molecule has 8 heteroatoms. The van der Waals surface area contributed by atoms with E-state index in [9.17, 15) is 21.6 Å². The Bertz CT molecular complexity index is 602. The van der Waals surface area contributed by atoms with Crippen molar-refractivity contribution in [2.24, 2.45) is 5.41 Å². The van der Waals surface area contributed by atoms with Gasteiger partial charge in [0.2, 0.25) is 0 Å². The largest absolute Gasteiger partial charge is 0.462 e. The molecule has 0 heterocycles. The summed E-state index contributed by atoms with van der Waals surface area (Å²) in [6, 6.07) is 0. The van der Waals surface area contributed by atoms with Gasteiger partial charge in [-0.05, 0) is 45.4 Å². The molecule has 0 N–H and O–H groups in total. The van der Waals surface area contributed by atoms with Gasteiger partial charge in [0.25, 0.3) is 0 Å². The summed E-state index contributed by atoms with van der Waals surface area (Å²) in [7, 11) is -6.01. The van der Waals surface area contributed by atoms with Gasteiger partial charge in [-0.2, -0.15) is 0 Å². The number of sulfone groups is 2. The predicted octanol–water partition coefficient (Wildman–Crippen LogP) is 1.74. The first kappa shape index (κ1) is 20.4. The zero-order valence-corrected chi connectivity index (χ0v) is 15.8. The van der Waals surface area contributed by atoms with Crippen LogP contribution in [0.25, 0.3) is 0 Å². The molecule has 1 aliphatic carbocycles. The van der Waals surface area contributed by atoms with Crippen molar-refractivity contribution in [3.8, 4) is 0 Å². The van der Waals surface area contributed by atoms with Crippen LogP contribution in [0.1, 0.15) is 51.9 Å². The zero-order valence-electron chi connectivity index (χ0n) is 14.2. The van der Waals surface area contributed by atoms with Gasteiger partial charge in [0.1, 0.15) is 19.7 Å². The maximum absolute atomic E-state index is 12.4. The zero-order chi connectivity index (χ0) is 17.7. The average Bonchev–Trinajstić information content (AvgIpc) is 2.29. The summed E-state index contributed by atoms with van der Waals surface area (Å²) in [6.45, 7) is 1.77. The van der Waals surface area contributed by atoms with E-state index in [1.807, 2.05) is 0 Å². The minimum absolute atomic E-state index is 0.0892. The topological polar surface area (TPSA) is 94.6 Å². The molecule has 6 nitrogen and oxygen atoms in total. The second-order valence-corrected chi connectivity index (χ2v) is 11.4. The van der Waals surface area contributed by atoms with Crippen LogP contribution in [0, 0.1) is 5.41 Å². The molecule has 0 bridgehead atoms. The van der Waals surface area contributed by atoms with Crippen molar-refractivity contribution < 1.29 is 26.4 Å². The quantitative estimate of drug-likeness (QED) is 0.545. The predicted molar refractivity (Wildman–Crippen MR) is 89.7 cm³/mol. The molecular weight excluding hydrogens is 340 g/mol. The number of ether oxygens (including phenoxy) is 1. The van der Waals surface area contributed by atoms with E-state index < -0.39 is 25.1 Å². The summed E-state index contributed by atoms with van der Waals surface area (Å²) in [4.78, 5) is 12.4. The van der Waals surface area contributed by atoms with E-state index in [1.165, 1.54) is 12.5 Å². The van der Waals surface area contributed by atoms with Crippen LogP contribution in [0.5, 0.6) is 0 Å². The lowest BCUT2D eigenvalue weighted by atomic mass is 9.66.